The maximum atomic E-state index is 9.06. The SMILES string of the molecule is Cc1ncccc1-c1cccc(CO)c1. The van der Waals surface area contributed by atoms with Crippen molar-refractivity contribution in [2.24, 2.45) is 0 Å². The van der Waals surface area contributed by atoms with Gasteiger partial charge in [0, 0.05) is 17.5 Å². The van der Waals surface area contributed by atoms with E-state index >= 15 is 0 Å². The number of aromatic nitrogens is 1. The van der Waals surface area contributed by atoms with E-state index in [0.29, 0.717) is 0 Å². The maximum absolute atomic E-state index is 9.06. The van der Waals surface area contributed by atoms with Crippen LogP contribution >= 0.6 is 0 Å². The molecule has 0 atom stereocenters. The largest absolute Gasteiger partial charge is 0.392 e. The third kappa shape index (κ3) is 2.05. The highest BCUT2D eigenvalue weighted by Gasteiger charge is 2.02. The molecule has 1 N–H and O–H groups in total. The second kappa shape index (κ2) is 4.24. The van der Waals surface area contributed by atoms with Crippen molar-refractivity contribution in [3.05, 3.63) is 53.9 Å². The average molecular weight is 199 g/mol. The van der Waals surface area contributed by atoms with Gasteiger partial charge in [-0.25, -0.2) is 0 Å². The molecule has 0 radical (unpaired) electrons. The molecule has 76 valence electrons. The molecule has 0 saturated heterocycles. The van der Waals surface area contributed by atoms with Crippen LogP contribution in [0.4, 0.5) is 0 Å². The monoisotopic (exact) mass is 199 g/mol. The van der Waals surface area contributed by atoms with Crippen LogP contribution in [0.2, 0.25) is 0 Å². The lowest BCUT2D eigenvalue weighted by atomic mass is 10.0. The summed E-state index contributed by atoms with van der Waals surface area (Å²) in [6.45, 7) is 2.06. The van der Waals surface area contributed by atoms with Gasteiger partial charge < -0.3 is 5.11 Å². The predicted molar refractivity (Wildman–Crippen MR) is 60.3 cm³/mol. The van der Waals surface area contributed by atoms with Crippen LogP contribution in [-0.2, 0) is 6.61 Å². The summed E-state index contributed by atoms with van der Waals surface area (Å²) < 4.78 is 0. The number of nitrogens with zero attached hydrogens (tertiary/aromatic N) is 1. The molecule has 0 saturated carbocycles. The Balaban J connectivity index is 2.49. The smallest absolute Gasteiger partial charge is 0.0682 e. The van der Waals surface area contributed by atoms with E-state index < -0.39 is 0 Å². The lowest BCUT2D eigenvalue weighted by molar-refractivity contribution is 0.282. The second-order valence-electron chi connectivity index (χ2n) is 3.49. The molecule has 0 unspecified atom stereocenters. The van der Waals surface area contributed by atoms with E-state index in [9.17, 15) is 0 Å². The Kier molecular flexibility index (Phi) is 2.79. The van der Waals surface area contributed by atoms with E-state index in [4.69, 9.17) is 5.11 Å². The number of aliphatic hydroxyl groups is 1. The quantitative estimate of drug-likeness (QED) is 0.806. The molecule has 0 spiro atoms. The van der Waals surface area contributed by atoms with Crippen molar-refractivity contribution in [2.45, 2.75) is 13.5 Å². The first-order chi connectivity index (χ1) is 7.31. The van der Waals surface area contributed by atoms with Crippen LogP contribution < -0.4 is 0 Å². The van der Waals surface area contributed by atoms with E-state index in [2.05, 4.69) is 4.98 Å². The second-order valence-corrected chi connectivity index (χ2v) is 3.49. The average Bonchev–Trinajstić information content (AvgIpc) is 2.30. The fourth-order valence-electron chi connectivity index (χ4n) is 1.63. The topological polar surface area (TPSA) is 33.1 Å². The normalized spacial score (nSPS) is 10.3. The minimum atomic E-state index is 0.0765. The van der Waals surface area contributed by atoms with E-state index in [1.165, 1.54) is 0 Å². The zero-order valence-corrected chi connectivity index (χ0v) is 8.64. The molecule has 2 nitrogen and oxygen atoms in total. The molecule has 0 aliphatic carbocycles. The molecule has 1 heterocycles. The number of pyridine rings is 1. The molecule has 2 rings (SSSR count). The van der Waals surface area contributed by atoms with Gasteiger partial charge in [-0.05, 0) is 30.2 Å². The summed E-state index contributed by atoms with van der Waals surface area (Å²) in [7, 11) is 0. The van der Waals surface area contributed by atoms with Gasteiger partial charge in [0.1, 0.15) is 0 Å². The summed E-state index contributed by atoms with van der Waals surface area (Å²) in [5, 5.41) is 9.06. The van der Waals surface area contributed by atoms with E-state index in [0.717, 1.165) is 22.4 Å². The van der Waals surface area contributed by atoms with Crippen molar-refractivity contribution >= 4 is 0 Å². The molecule has 15 heavy (non-hydrogen) atoms. The fraction of sp³-hybridized carbons (Fsp3) is 0.154. The molecule has 0 bridgehead atoms. The summed E-state index contributed by atoms with van der Waals surface area (Å²) in [5.41, 5.74) is 4.16. The van der Waals surface area contributed by atoms with Crippen LogP contribution in [0.15, 0.2) is 42.6 Å². The minimum Gasteiger partial charge on any atom is -0.392 e. The molecule has 0 fully saturated rings. The molecule has 1 aromatic heterocycles. The van der Waals surface area contributed by atoms with Crippen molar-refractivity contribution in [1.82, 2.24) is 4.98 Å². The molecule has 0 aliphatic rings. The Labute approximate surface area is 89.2 Å². The van der Waals surface area contributed by atoms with Gasteiger partial charge in [-0.3, -0.25) is 4.98 Å². The number of hydrogen-bond donors (Lipinski definition) is 1. The summed E-state index contributed by atoms with van der Waals surface area (Å²) in [6.07, 6.45) is 1.79. The Morgan fingerprint density at radius 2 is 2.07 bits per heavy atom. The highest BCUT2D eigenvalue weighted by Crippen LogP contribution is 2.22. The standard InChI is InChI=1S/C13H13NO/c1-10-13(6-3-7-14-10)12-5-2-4-11(8-12)9-15/h2-8,15H,9H2,1H3. The third-order valence-corrected chi connectivity index (χ3v) is 2.43. The van der Waals surface area contributed by atoms with Gasteiger partial charge in [-0.15, -0.1) is 0 Å². The van der Waals surface area contributed by atoms with Crippen LogP contribution in [0.1, 0.15) is 11.3 Å². The molecular formula is C13H13NO. The fourth-order valence-corrected chi connectivity index (χ4v) is 1.63. The summed E-state index contributed by atoms with van der Waals surface area (Å²) >= 11 is 0. The molecule has 1 aromatic carbocycles. The lowest BCUT2D eigenvalue weighted by Crippen LogP contribution is -1.88. The zero-order valence-electron chi connectivity index (χ0n) is 8.64. The number of benzene rings is 1. The number of hydrogen-bond acceptors (Lipinski definition) is 2. The van der Waals surface area contributed by atoms with Gasteiger partial charge in [0.05, 0.1) is 6.61 Å². The van der Waals surface area contributed by atoms with Crippen LogP contribution in [0, 0.1) is 6.92 Å². The van der Waals surface area contributed by atoms with Gasteiger partial charge in [0.2, 0.25) is 0 Å². The van der Waals surface area contributed by atoms with Crippen LogP contribution in [0.25, 0.3) is 11.1 Å². The highest BCUT2D eigenvalue weighted by atomic mass is 16.3. The van der Waals surface area contributed by atoms with Crippen LogP contribution in [0.5, 0.6) is 0 Å². The van der Waals surface area contributed by atoms with Crippen LogP contribution in [0.3, 0.4) is 0 Å². The van der Waals surface area contributed by atoms with Crippen molar-refractivity contribution < 1.29 is 5.11 Å². The third-order valence-electron chi connectivity index (χ3n) is 2.43. The first kappa shape index (κ1) is 9.87. The number of rotatable bonds is 2. The van der Waals surface area contributed by atoms with Crippen molar-refractivity contribution in [2.75, 3.05) is 0 Å². The van der Waals surface area contributed by atoms with Gasteiger partial charge in [0.15, 0.2) is 0 Å². The molecular weight excluding hydrogens is 186 g/mol. The summed E-state index contributed by atoms with van der Waals surface area (Å²) in [4.78, 5) is 4.25. The van der Waals surface area contributed by atoms with Crippen molar-refractivity contribution in [3.8, 4) is 11.1 Å². The first-order valence-corrected chi connectivity index (χ1v) is 4.93. The highest BCUT2D eigenvalue weighted by molar-refractivity contribution is 5.66. The van der Waals surface area contributed by atoms with Crippen LogP contribution in [-0.4, -0.2) is 10.1 Å². The van der Waals surface area contributed by atoms with E-state index in [1.54, 1.807) is 6.20 Å². The van der Waals surface area contributed by atoms with E-state index in [-0.39, 0.29) is 6.61 Å². The van der Waals surface area contributed by atoms with Gasteiger partial charge in [-0.1, -0.05) is 24.3 Å². The molecule has 0 aliphatic heterocycles. The first-order valence-electron chi connectivity index (χ1n) is 4.93. The summed E-state index contributed by atoms with van der Waals surface area (Å²) in [6, 6.07) is 11.8. The maximum Gasteiger partial charge on any atom is 0.0682 e. The van der Waals surface area contributed by atoms with E-state index in [1.807, 2.05) is 43.3 Å². The Morgan fingerprint density at radius 1 is 1.20 bits per heavy atom. The minimum absolute atomic E-state index is 0.0765. The lowest BCUT2D eigenvalue weighted by Gasteiger charge is -2.05. The Bertz CT molecular complexity index is 466. The molecule has 2 aromatic rings. The number of aryl methyl sites for hydroxylation is 1. The van der Waals surface area contributed by atoms with Gasteiger partial charge in [0.25, 0.3) is 0 Å². The Morgan fingerprint density at radius 3 is 2.80 bits per heavy atom. The predicted octanol–water partition coefficient (Wildman–Crippen LogP) is 2.55. The van der Waals surface area contributed by atoms with Crippen molar-refractivity contribution in [1.29, 1.82) is 0 Å². The number of aliphatic hydroxyl groups excluding tert-OH is 1. The molecule has 2 heteroatoms. The van der Waals surface area contributed by atoms with Gasteiger partial charge in [-0.2, -0.15) is 0 Å². The van der Waals surface area contributed by atoms with Crippen molar-refractivity contribution in [3.63, 3.8) is 0 Å². The van der Waals surface area contributed by atoms with Gasteiger partial charge >= 0.3 is 0 Å². The summed E-state index contributed by atoms with van der Waals surface area (Å²) in [5.74, 6) is 0. The Hall–Kier alpha value is -1.67. The molecule has 0 amide bonds. The zero-order chi connectivity index (χ0) is 10.7.